The molecule has 31 heavy (non-hydrogen) atoms. The summed E-state index contributed by atoms with van der Waals surface area (Å²) in [6.45, 7) is 4.15. The number of halogens is 1. The van der Waals surface area contributed by atoms with Crippen molar-refractivity contribution in [2.75, 3.05) is 0 Å². The van der Waals surface area contributed by atoms with Gasteiger partial charge < -0.3 is 5.11 Å². The standard InChI is InChI=1S/C28H33FO2/c1-3-5-7-8-20-10-12-21(13-11-20)22-14-16-23(17-15-22)24-18-19-25(28(31)27(24)29)26(30)9-6-4-2/h14-21,31H,3-6,9-13H2,1-2H3. The van der Waals surface area contributed by atoms with Crippen molar-refractivity contribution in [3.05, 3.63) is 53.3 Å². The highest BCUT2D eigenvalue weighted by atomic mass is 19.1. The van der Waals surface area contributed by atoms with Crippen molar-refractivity contribution in [2.24, 2.45) is 5.92 Å². The number of phenols is 1. The molecule has 0 heterocycles. The average Bonchev–Trinajstić information content (AvgIpc) is 2.80. The second-order valence-corrected chi connectivity index (χ2v) is 8.59. The molecule has 1 fully saturated rings. The number of aromatic hydroxyl groups is 1. The number of Topliss-reactive ketones (excluding diaryl/α,β-unsaturated/α-hetero) is 1. The van der Waals surface area contributed by atoms with Gasteiger partial charge in [0.1, 0.15) is 0 Å². The minimum absolute atomic E-state index is 0.0742. The van der Waals surface area contributed by atoms with Gasteiger partial charge in [-0.2, -0.15) is 0 Å². The zero-order valence-corrected chi connectivity index (χ0v) is 18.7. The SMILES string of the molecule is CCCC#CC1CCC(c2ccc(-c3ccc(C(=O)CCCC)c(O)c3F)cc2)CC1. The van der Waals surface area contributed by atoms with E-state index in [2.05, 4.69) is 30.9 Å². The zero-order chi connectivity index (χ0) is 22.2. The predicted octanol–water partition coefficient (Wildman–Crippen LogP) is 7.65. The Labute approximate surface area is 185 Å². The quantitative estimate of drug-likeness (QED) is 0.369. The van der Waals surface area contributed by atoms with Crippen LogP contribution in [0, 0.1) is 23.6 Å². The summed E-state index contributed by atoms with van der Waals surface area (Å²) in [6.07, 6.45) is 8.58. The Kier molecular flexibility index (Phi) is 8.29. The molecule has 0 unspecified atom stereocenters. The Hall–Kier alpha value is -2.60. The summed E-state index contributed by atoms with van der Waals surface area (Å²) in [6, 6.07) is 11.1. The number of unbranched alkanes of at least 4 members (excludes halogenated alkanes) is 2. The van der Waals surface area contributed by atoms with Gasteiger partial charge in [0.2, 0.25) is 0 Å². The van der Waals surface area contributed by atoms with Crippen LogP contribution in [0.25, 0.3) is 11.1 Å². The normalized spacial score (nSPS) is 18.3. The largest absolute Gasteiger partial charge is 0.504 e. The van der Waals surface area contributed by atoms with Crippen LogP contribution in [0.5, 0.6) is 5.75 Å². The number of hydrogen-bond acceptors (Lipinski definition) is 2. The summed E-state index contributed by atoms with van der Waals surface area (Å²) in [5.74, 6) is 6.29. The highest BCUT2D eigenvalue weighted by Crippen LogP contribution is 2.37. The molecule has 2 nitrogen and oxygen atoms in total. The van der Waals surface area contributed by atoms with E-state index in [1.54, 1.807) is 12.1 Å². The molecule has 0 aliphatic heterocycles. The Morgan fingerprint density at radius 3 is 2.39 bits per heavy atom. The molecule has 0 radical (unpaired) electrons. The lowest BCUT2D eigenvalue weighted by atomic mass is 9.78. The Balaban J connectivity index is 1.69. The molecule has 1 aliphatic rings. The van der Waals surface area contributed by atoms with Gasteiger partial charge in [-0.1, -0.05) is 56.5 Å². The van der Waals surface area contributed by atoms with Gasteiger partial charge >= 0.3 is 0 Å². The van der Waals surface area contributed by atoms with Gasteiger partial charge in [0.05, 0.1) is 5.56 Å². The van der Waals surface area contributed by atoms with E-state index in [0.29, 0.717) is 29.4 Å². The van der Waals surface area contributed by atoms with E-state index in [0.717, 1.165) is 51.4 Å². The fraction of sp³-hybridized carbons (Fsp3) is 0.464. The molecule has 0 saturated heterocycles. The predicted molar refractivity (Wildman–Crippen MR) is 125 cm³/mol. The molecule has 1 N–H and O–H groups in total. The maximum absolute atomic E-state index is 14.8. The van der Waals surface area contributed by atoms with Crippen molar-refractivity contribution >= 4 is 5.78 Å². The van der Waals surface area contributed by atoms with Crippen LogP contribution >= 0.6 is 0 Å². The van der Waals surface area contributed by atoms with E-state index in [1.165, 1.54) is 5.56 Å². The van der Waals surface area contributed by atoms with Crippen LogP contribution in [0.2, 0.25) is 0 Å². The van der Waals surface area contributed by atoms with Crippen molar-refractivity contribution in [1.82, 2.24) is 0 Å². The second-order valence-electron chi connectivity index (χ2n) is 8.59. The smallest absolute Gasteiger partial charge is 0.173 e. The summed E-state index contributed by atoms with van der Waals surface area (Å²) in [5.41, 5.74) is 2.39. The summed E-state index contributed by atoms with van der Waals surface area (Å²) in [4.78, 5) is 12.2. The molecule has 0 amide bonds. The first-order chi connectivity index (χ1) is 15.0. The highest BCUT2D eigenvalue weighted by Gasteiger charge is 2.22. The topological polar surface area (TPSA) is 37.3 Å². The van der Waals surface area contributed by atoms with Crippen LogP contribution in [0.3, 0.4) is 0 Å². The summed E-state index contributed by atoms with van der Waals surface area (Å²) in [7, 11) is 0. The molecule has 0 bridgehead atoms. The zero-order valence-electron chi connectivity index (χ0n) is 18.7. The first kappa shape index (κ1) is 23.1. The molecule has 0 spiro atoms. The van der Waals surface area contributed by atoms with E-state index in [4.69, 9.17) is 0 Å². The van der Waals surface area contributed by atoms with Crippen LogP contribution in [-0.2, 0) is 0 Å². The number of rotatable bonds is 7. The number of hydrogen-bond donors (Lipinski definition) is 1. The summed E-state index contributed by atoms with van der Waals surface area (Å²) >= 11 is 0. The number of phenolic OH excluding ortho intramolecular Hbond substituents is 1. The Morgan fingerprint density at radius 2 is 1.74 bits per heavy atom. The second kappa shape index (κ2) is 11.1. The van der Waals surface area contributed by atoms with Crippen molar-refractivity contribution in [1.29, 1.82) is 0 Å². The van der Waals surface area contributed by atoms with E-state index in [1.807, 2.05) is 19.1 Å². The van der Waals surface area contributed by atoms with Gasteiger partial charge in [0.25, 0.3) is 0 Å². The Morgan fingerprint density at radius 1 is 1.03 bits per heavy atom. The molecule has 0 aromatic heterocycles. The van der Waals surface area contributed by atoms with Crippen LogP contribution in [0.15, 0.2) is 36.4 Å². The van der Waals surface area contributed by atoms with Gasteiger partial charge in [0.15, 0.2) is 17.3 Å². The molecule has 3 heteroatoms. The van der Waals surface area contributed by atoms with Crippen molar-refractivity contribution in [3.8, 4) is 28.7 Å². The Bertz CT molecular complexity index is 941. The van der Waals surface area contributed by atoms with E-state index >= 15 is 0 Å². The average molecular weight is 421 g/mol. The number of ketones is 1. The first-order valence-corrected chi connectivity index (χ1v) is 11.7. The maximum atomic E-state index is 14.8. The lowest BCUT2D eigenvalue weighted by Crippen LogP contribution is -2.12. The molecule has 1 aliphatic carbocycles. The molecule has 2 aromatic rings. The molecule has 1 saturated carbocycles. The number of carbonyl (C=O) groups excluding carboxylic acids is 1. The van der Waals surface area contributed by atoms with E-state index in [-0.39, 0.29) is 11.3 Å². The fourth-order valence-corrected chi connectivity index (χ4v) is 4.33. The van der Waals surface area contributed by atoms with Gasteiger partial charge in [-0.05, 0) is 61.6 Å². The highest BCUT2D eigenvalue weighted by molar-refractivity contribution is 5.99. The maximum Gasteiger partial charge on any atom is 0.173 e. The molecule has 0 atom stereocenters. The minimum atomic E-state index is -0.721. The lowest BCUT2D eigenvalue weighted by molar-refractivity contribution is 0.0976. The number of carbonyl (C=O) groups is 1. The van der Waals surface area contributed by atoms with Crippen LogP contribution in [-0.4, -0.2) is 10.9 Å². The molecular formula is C28H33FO2. The van der Waals surface area contributed by atoms with Crippen LogP contribution in [0.1, 0.15) is 93.5 Å². The molecule has 164 valence electrons. The van der Waals surface area contributed by atoms with Crippen molar-refractivity contribution < 1.29 is 14.3 Å². The molecule has 3 rings (SSSR count). The third-order valence-corrected chi connectivity index (χ3v) is 6.28. The van der Waals surface area contributed by atoms with Gasteiger partial charge in [-0.25, -0.2) is 4.39 Å². The number of benzene rings is 2. The van der Waals surface area contributed by atoms with Crippen LogP contribution in [0.4, 0.5) is 4.39 Å². The van der Waals surface area contributed by atoms with Gasteiger partial charge in [-0.3, -0.25) is 4.79 Å². The van der Waals surface area contributed by atoms with Crippen LogP contribution < -0.4 is 0 Å². The van der Waals surface area contributed by atoms with Crippen molar-refractivity contribution in [3.63, 3.8) is 0 Å². The minimum Gasteiger partial charge on any atom is -0.504 e. The molecule has 2 aromatic carbocycles. The van der Waals surface area contributed by atoms with Crippen molar-refractivity contribution in [2.45, 2.75) is 77.6 Å². The lowest BCUT2D eigenvalue weighted by Gasteiger charge is -2.26. The van der Waals surface area contributed by atoms with E-state index < -0.39 is 11.6 Å². The van der Waals surface area contributed by atoms with Gasteiger partial charge in [-0.15, -0.1) is 5.92 Å². The summed E-state index contributed by atoms with van der Waals surface area (Å²) < 4.78 is 14.8. The first-order valence-electron chi connectivity index (χ1n) is 11.7. The van der Waals surface area contributed by atoms with Gasteiger partial charge in [0, 0.05) is 24.3 Å². The molecular weight excluding hydrogens is 387 g/mol. The third-order valence-electron chi connectivity index (χ3n) is 6.28. The fourth-order valence-electron chi connectivity index (χ4n) is 4.33. The third kappa shape index (κ3) is 5.76. The summed E-state index contributed by atoms with van der Waals surface area (Å²) in [5, 5.41) is 10.3. The monoisotopic (exact) mass is 420 g/mol. The van der Waals surface area contributed by atoms with E-state index in [9.17, 15) is 14.3 Å².